The minimum absolute atomic E-state index is 0.0439. The molecule has 3 N–H and O–H groups in total. The summed E-state index contributed by atoms with van der Waals surface area (Å²) in [6.45, 7) is 4.64. The topological polar surface area (TPSA) is 108 Å². The van der Waals surface area contributed by atoms with Gasteiger partial charge in [0, 0.05) is 24.7 Å². The summed E-state index contributed by atoms with van der Waals surface area (Å²) in [6.07, 6.45) is 0.876. The Labute approximate surface area is 154 Å². The van der Waals surface area contributed by atoms with Crippen molar-refractivity contribution < 1.29 is 23.1 Å². The van der Waals surface area contributed by atoms with Crippen molar-refractivity contribution in [2.24, 2.45) is 5.92 Å². The van der Waals surface area contributed by atoms with E-state index in [4.69, 9.17) is 4.74 Å². The molecule has 0 unspecified atom stereocenters. The lowest BCUT2D eigenvalue weighted by molar-refractivity contribution is 0.0416. The van der Waals surface area contributed by atoms with Crippen LogP contribution >= 0.6 is 0 Å². The number of nitrogens with one attached hydrogen (secondary N) is 2. The van der Waals surface area contributed by atoms with Gasteiger partial charge in [-0.05, 0) is 32.2 Å². The van der Waals surface area contributed by atoms with Crippen LogP contribution in [0.3, 0.4) is 0 Å². The molecule has 0 spiro atoms. The van der Waals surface area contributed by atoms with Gasteiger partial charge in [0.1, 0.15) is 11.9 Å². The third-order valence-electron chi connectivity index (χ3n) is 4.37. The van der Waals surface area contributed by atoms with Crippen LogP contribution in [0.15, 0.2) is 18.2 Å². The van der Waals surface area contributed by atoms with Gasteiger partial charge >= 0.3 is 0 Å². The van der Waals surface area contributed by atoms with Gasteiger partial charge in [-0.3, -0.25) is 9.52 Å². The summed E-state index contributed by atoms with van der Waals surface area (Å²) in [5.74, 6) is 0.145. The average molecular weight is 385 g/mol. The molecule has 0 aromatic heterocycles. The fraction of sp³-hybridized carbons (Fsp3) is 0.588. The number of nitrogens with zero attached hydrogens (tertiary/aromatic N) is 1. The Kier molecular flexibility index (Phi) is 6.48. The molecule has 0 saturated carbocycles. The molecule has 3 atom stereocenters. The van der Waals surface area contributed by atoms with E-state index in [1.165, 1.54) is 6.07 Å². The SMILES string of the molecule is CNC[C@@H]1Oc2ccc(NS(C)(=O)=O)cc2C(=O)N([C@@H](C)CO)C[C@@H]1C. The minimum atomic E-state index is -3.47. The highest BCUT2D eigenvalue weighted by Gasteiger charge is 2.32. The molecular formula is C17H27N3O5S. The van der Waals surface area contributed by atoms with Gasteiger partial charge in [0.15, 0.2) is 0 Å². The normalized spacial score (nSPS) is 22.0. The number of carbonyl (C=O) groups is 1. The maximum atomic E-state index is 13.1. The summed E-state index contributed by atoms with van der Waals surface area (Å²) < 4.78 is 31.4. The zero-order valence-corrected chi connectivity index (χ0v) is 16.3. The lowest BCUT2D eigenvalue weighted by atomic mass is 9.99. The number of benzene rings is 1. The molecular weight excluding hydrogens is 358 g/mol. The highest BCUT2D eigenvalue weighted by Crippen LogP contribution is 2.30. The number of sulfonamides is 1. The Morgan fingerprint density at radius 3 is 2.69 bits per heavy atom. The van der Waals surface area contributed by atoms with Crippen molar-refractivity contribution in [1.82, 2.24) is 10.2 Å². The van der Waals surface area contributed by atoms with Crippen LogP contribution in [0.25, 0.3) is 0 Å². The zero-order chi connectivity index (χ0) is 19.5. The van der Waals surface area contributed by atoms with Gasteiger partial charge in [-0.15, -0.1) is 0 Å². The number of fused-ring (bicyclic) bond motifs is 1. The zero-order valence-electron chi connectivity index (χ0n) is 15.5. The second kappa shape index (κ2) is 8.24. The van der Waals surface area contributed by atoms with Gasteiger partial charge in [-0.2, -0.15) is 0 Å². The molecule has 1 aromatic rings. The van der Waals surface area contributed by atoms with Crippen molar-refractivity contribution in [2.75, 3.05) is 37.7 Å². The van der Waals surface area contributed by atoms with Crippen molar-refractivity contribution in [3.8, 4) is 5.75 Å². The number of carbonyl (C=O) groups excluding carboxylic acids is 1. The number of ether oxygens (including phenoxy) is 1. The highest BCUT2D eigenvalue weighted by molar-refractivity contribution is 7.92. The summed E-state index contributed by atoms with van der Waals surface area (Å²) in [5, 5.41) is 12.6. The molecule has 1 aromatic carbocycles. The van der Waals surface area contributed by atoms with Crippen LogP contribution in [-0.4, -0.2) is 69.5 Å². The van der Waals surface area contributed by atoms with E-state index in [0.717, 1.165) is 6.26 Å². The van der Waals surface area contributed by atoms with Crippen molar-refractivity contribution in [2.45, 2.75) is 26.0 Å². The van der Waals surface area contributed by atoms with Gasteiger partial charge in [-0.25, -0.2) is 8.42 Å². The second-order valence-electron chi connectivity index (χ2n) is 6.77. The van der Waals surface area contributed by atoms with Gasteiger partial charge in [0.05, 0.1) is 24.5 Å². The molecule has 0 radical (unpaired) electrons. The summed E-state index contributed by atoms with van der Waals surface area (Å²) in [5.41, 5.74) is 0.561. The van der Waals surface area contributed by atoms with E-state index >= 15 is 0 Å². The van der Waals surface area contributed by atoms with Crippen LogP contribution in [0, 0.1) is 5.92 Å². The van der Waals surface area contributed by atoms with Crippen molar-refractivity contribution >= 4 is 21.6 Å². The van der Waals surface area contributed by atoms with E-state index < -0.39 is 10.0 Å². The largest absolute Gasteiger partial charge is 0.488 e. The number of likely N-dealkylation sites (N-methyl/N-ethyl adjacent to an activating group) is 1. The summed E-state index contributed by atoms with van der Waals surface area (Å²) in [6, 6.07) is 4.28. The maximum absolute atomic E-state index is 13.1. The molecule has 1 aliphatic heterocycles. The summed E-state index contributed by atoms with van der Waals surface area (Å²) in [7, 11) is -1.64. The maximum Gasteiger partial charge on any atom is 0.258 e. The molecule has 0 fully saturated rings. The Morgan fingerprint density at radius 1 is 1.42 bits per heavy atom. The summed E-state index contributed by atoms with van der Waals surface area (Å²) >= 11 is 0. The lowest BCUT2D eigenvalue weighted by Crippen LogP contribution is -2.49. The molecule has 9 heteroatoms. The van der Waals surface area contributed by atoms with Crippen molar-refractivity contribution in [3.63, 3.8) is 0 Å². The number of anilines is 1. The third kappa shape index (κ3) is 4.87. The lowest BCUT2D eigenvalue weighted by Gasteiger charge is -2.37. The van der Waals surface area contributed by atoms with Gasteiger partial charge < -0.3 is 20.1 Å². The fourth-order valence-corrected chi connectivity index (χ4v) is 3.50. The molecule has 0 bridgehead atoms. The fourth-order valence-electron chi connectivity index (χ4n) is 2.94. The van der Waals surface area contributed by atoms with Crippen LogP contribution in [0.4, 0.5) is 5.69 Å². The predicted molar refractivity (Wildman–Crippen MR) is 100.0 cm³/mol. The molecule has 0 saturated heterocycles. The Balaban J connectivity index is 2.50. The number of aliphatic hydroxyl groups excluding tert-OH is 1. The summed E-state index contributed by atoms with van der Waals surface area (Å²) in [4.78, 5) is 14.7. The van der Waals surface area contributed by atoms with E-state index in [0.29, 0.717) is 24.5 Å². The smallest absolute Gasteiger partial charge is 0.258 e. The number of hydrogen-bond donors (Lipinski definition) is 3. The average Bonchev–Trinajstić information content (AvgIpc) is 2.56. The van der Waals surface area contributed by atoms with E-state index in [1.54, 1.807) is 24.0 Å². The van der Waals surface area contributed by atoms with E-state index in [1.807, 2.05) is 14.0 Å². The Bertz CT molecular complexity index is 753. The van der Waals surface area contributed by atoms with Crippen LogP contribution in [0.5, 0.6) is 5.75 Å². The molecule has 8 nitrogen and oxygen atoms in total. The van der Waals surface area contributed by atoms with Crippen LogP contribution in [0.1, 0.15) is 24.2 Å². The predicted octanol–water partition coefficient (Wildman–Crippen LogP) is 0.498. The van der Waals surface area contributed by atoms with Gasteiger partial charge in [0.25, 0.3) is 5.91 Å². The molecule has 2 rings (SSSR count). The van der Waals surface area contributed by atoms with Crippen molar-refractivity contribution in [1.29, 1.82) is 0 Å². The Hall–Kier alpha value is -1.84. The first-order valence-corrected chi connectivity index (χ1v) is 10.4. The number of amides is 1. The first-order valence-electron chi connectivity index (χ1n) is 8.51. The number of rotatable bonds is 6. The monoisotopic (exact) mass is 385 g/mol. The third-order valence-corrected chi connectivity index (χ3v) is 4.98. The molecule has 26 heavy (non-hydrogen) atoms. The number of hydrogen-bond acceptors (Lipinski definition) is 6. The first kappa shape index (κ1) is 20.5. The van der Waals surface area contributed by atoms with Crippen LogP contribution in [-0.2, 0) is 10.0 Å². The molecule has 1 aliphatic rings. The Morgan fingerprint density at radius 2 is 2.12 bits per heavy atom. The minimum Gasteiger partial charge on any atom is -0.488 e. The first-order chi connectivity index (χ1) is 12.2. The quantitative estimate of drug-likeness (QED) is 0.658. The van der Waals surface area contributed by atoms with Crippen LogP contribution in [0.2, 0.25) is 0 Å². The second-order valence-corrected chi connectivity index (χ2v) is 8.51. The molecule has 0 aliphatic carbocycles. The van der Waals surface area contributed by atoms with E-state index in [-0.39, 0.29) is 36.1 Å². The molecule has 146 valence electrons. The molecule has 1 heterocycles. The van der Waals surface area contributed by atoms with Crippen LogP contribution < -0.4 is 14.8 Å². The van der Waals surface area contributed by atoms with E-state index in [2.05, 4.69) is 10.0 Å². The number of aliphatic hydroxyl groups is 1. The van der Waals surface area contributed by atoms with Gasteiger partial charge in [-0.1, -0.05) is 6.92 Å². The van der Waals surface area contributed by atoms with Gasteiger partial charge in [0.2, 0.25) is 10.0 Å². The van der Waals surface area contributed by atoms with E-state index in [9.17, 15) is 18.3 Å². The standard InChI is InChI=1S/C17H27N3O5S/c1-11-9-20(12(2)10-21)17(22)14-7-13(19-26(4,23)24)5-6-15(14)25-16(11)8-18-3/h5-7,11-12,16,18-19,21H,8-10H2,1-4H3/t11-,12-,16-/m0/s1. The highest BCUT2D eigenvalue weighted by atomic mass is 32.2. The van der Waals surface area contributed by atoms with Crippen molar-refractivity contribution in [3.05, 3.63) is 23.8 Å². The molecule has 1 amide bonds.